The first-order valence-corrected chi connectivity index (χ1v) is 16.2. The van der Waals surface area contributed by atoms with Crippen LogP contribution in [0.3, 0.4) is 0 Å². The fourth-order valence-electron chi connectivity index (χ4n) is 6.42. The van der Waals surface area contributed by atoms with Crippen molar-refractivity contribution in [2.24, 2.45) is 47.3 Å². The van der Waals surface area contributed by atoms with Crippen molar-refractivity contribution in [3.63, 3.8) is 0 Å². The summed E-state index contributed by atoms with van der Waals surface area (Å²) >= 11 is 0. The van der Waals surface area contributed by atoms with Gasteiger partial charge in [0.05, 0.1) is 0 Å². The number of hydrogen-bond acceptors (Lipinski definition) is 0. The molecule has 0 aromatic heterocycles. The molecule has 0 amide bonds. The highest BCUT2D eigenvalue weighted by Crippen LogP contribution is 2.35. The third-order valence-electron chi connectivity index (χ3n) is 8.34. The summed E-state index contributed by atoms with van der Waals surface area (Å²) in [5.74, 6) is 8.11. The van der Waals surface area contributed by atoms with E-state index in [0.717, 1.165) is 47.3 Å². The molecule has 0 aliphatic heterocycles. The van der Waals surface area contributed by atoms with Crippen LogP contribution in [0.15, 0.2) is 0 Å². The van der Waals surface area contributed by atoms with Gasteiger partial charge in [-0.3, -0.25) is 0 Å². The van der Waals surface area contributed by atoms with Crippen molar-refractivity contribution in [3.05, 3.63) is 0 Å². The topological polar surface area (TPSA) is 0 Å². The minimum absolute atomic E-state index is 0.920. The Hall–Kier alpha value is 0. The van der Waals surface area contributed by atoms with Gasteiger partial charge in [0.15, 0.2) is 0 Å². The zero-order chi connectivity index (χ0) is 25.3. The standard InChI is InChI=1S/C10H20.C9H18.C8H16.C7H14/c1-9(2)8-10-6-4-3-5-7-10;1-8(2)7-9-5-3-4-6-9;1-7(2)6-8-4-3-5-8;1-6(2)5-7-3-4-7/h9-10H,3-8H2,1-2H3;8-9H,3-7H2,1-2H3;7-8H,3-6H2,1-2H3;6-7H,3-5H2,1-2H3. The van der Waals surface area contributed by atoms with Gasteiger partial charge in [-0.05, 0) is 73.0 Å². The lowest BCUT2D eigenvalue weighted by atomic mass is 9.80. The summed E-state index contributed by atoms with van der Waals surface area (Å²) in [6, 6.07) is 0. The Labute approximate surface area is 218 Å². The van der Waals surface area contributed by atoms with Crippen LogP contribution in [-0.4, -0.2) is 0 Å². The van der Waals surface area contributed by atoms with E-state index < -0.39 is 0 Å². The molecule has 34 heavy (non-hydrogen) atoms. The highest BCUT2D eigenvalue weighted by atomic mass is 14.3. The van der Waals surface area contributed by atoms with Crippen molar-refractivity contribution < 1.29 is 0 Å². The maximum Gasteiger partial charge on any atom is -0.0412 e. The van der Waals surface area contributed by atoms with Gasteiger partial charge >= 0.3 is 0 Å². The van der Waals surface area contributed by atoms with Gasteiger partial charge in [-0.15, -0.1) is 0 Å². The van der Waals surface area contributed by atoms with E-state index in [1.54, 1.807) is 0 Å². The Kier molecular flexibility index (Phi) is 18.0. The molecule has 0 bridgehead atoms. The summed E-state index contributed by atoms with van der Waals surface area (Å²) in [4.78, 5) is 0. The molecule has 0 aromatic carbocycles. The summed E-state index contributed by atoms with van der Waals surface area (Å²) in [7, 11) is 0. The Balaban J connectivity index is 0.000000228. The van der Waals surface area contributed by atoms with E-state index in [2.05, 4.69) is 55.4 Å². The van der Waals surface area contributed by atoms with E-state index in [4.69, 9.17) is 0 Å². The fraction of sp³-hybridized carbons (Fsp3) is 1.00. The first-order valence-electron chi connectivity index (χ1n) is 16.2. The molecule has 4 rings (SSSR count). The molecular formula is C34H68. The Morgan fingerprint density at radius 1 is 0.324 bits per heavy atom. The largest absolute Gasteiger partial charge is 0.0628 e. The Bertz CT molecular complexity index is 425. The van der Waals surface area contributed by atoms with Gasteiger partial charge in [-0.1, -0.05) is 145 Å². The van der Waals surface area contributed by atoms with Crippen molar-refractivity contribution in [1.82, 2.24) is 0 Å². The highest BCUT2D eigenvalue weighted by molar-refractivity contribution is 4.73. The van der Waals surface area contributed by atoms with E-state index in [0.29, 0.717) is 0 Å². The Morgan fingerprint density at radius 2 is 0.559 bits per heavy atom. The van der Waals surface area contributed by atoms with Crippen molar-refractivity contribution in [2.75, 3.05) is 0 Å². The fourth-order valence-corrected chi connectivity index (χ4v) is 6.42. The van der Waals surface area contributed by atoms with Gasteiger partial charge in [0, 0.05) is 0 Å². The lowest BCUT2D eigenvalue weighted by molar-refractivity contribution is 0.264. The van der Waals surface area contributed by atoms with E-state index >= 15 is 0 Å². The van der Waals surface area contributed by atoms with E-state index in [-0.39, 0.29) is 0 Å². The predicted octanol–water partition coefficient (Wildman–Crippen LogP) is 12.1. The lowest BCUT2D eigenvalue weighted by Crippen LogP contribution is -2.12. The van der Waals surface area contributed by atoms with Gasteiger partial charge in [-0.2, -0.15) is 0 Å². The van der Waals surface area contributed by atoms with Crippen LogP contribution in [0, 0.1) is 47.3 Å². The molecule has 204 valence electrons. The molecule has 4 fully saturated rings. The van der Waals surface area contributed by atoms with Gasteiger partial charge < -0.3 is 0 Å². The van der Waals surface area contributed by atoms with Gasteiger partial charge in [0.25, 0.3) is 0 Å². The smallest absolute Gasteiger partial charge is 0.0412 e. The molecule has 0 heteroatoms. The van der Waals surface area contributed by atoms with Crippen LogP contribution in [0.2, 0.25) is 0 Å². The normalized spacial score (nSPS) is 21.5. The van der Waals surface area contributed by atoms with Crippen molar-refractivity contribution in [2.45, 2.75) is 171 Å². The van der Waals surface area contributed by atoms with Crippen LogP contribution < -0.4 is 0 Å². The third-order valence-corrected chi connectivity index (χ3v) is 8.34. The highest BCUT2D eigenvalue weighted by Gasteiger charge is 2.21. The molecule has 0 radical (unpaired) electrons. The summed E-state index contributed by atoms with van der Waals surface area (Å²) in [6.07, 6.45) is 27.0. The van der Waals surface area contributed by atoms with Gasteiger partial charge in [-0.25, -0.2) is 0 Å². The molecule has 4 saturated carbocycles. The van der Waals surface area contributed by atoms with Crippen LogP contribution in [0.25, 0.3) is 0 Å². The first kappa shape index (κ1) is 32.0. The van der Waals surface area contributed by atoms with Crippen molar-refractivity contribution in [1.29, 1.82) is 0 Å². The van der Waals surface area contributed by atoms with E-state index in [1.807, 2.05) is 0 Å². The SMILES string of the molecule is CC(C)CC1CC1.CC(C)CC1CCC1.CC(C)CC1CCCC1.CC(C)CC1CCCCC1. The second kappa shape index (κ2) is 19.2. The van der Waals surface area contributed by atoms with Crippen molar-refractivity contribution in [3.8, 4) is 0 Å². The van der Waals surface area contributed by atoms with E-state index in [1.165, 1.54) is 116 Å². The number of rotatable bonds is 8. The van der Waals surface area contributed by atoms with Gasteiger partial charge in [0.2, 0.25) is 0 Å². The molecule has 0 atom stereocenters. The second-order valence-electron chi connectivity index (χ2n) is 14.4. The zero-order valence-electron chi connectivity index (χ0n) is 25.3. The summed E-state index contributed by atoms with van der Waals surface area (Å²) in [5.41, 5.74) is 0. The Morgan fingerprint density at radius 3 is 0.765 bits per heavy atom. The van der Waals surface area contributed by atoms with Crippen LogP contribution in [0.5, 0.6) is 0 Å². The van der Waals surface area contributed by atoms with E-state index in [9.17, 15) is 0 Å². The molecule has 0 spiro atoms. The minimum Gasteiger partial charge on any atom is -0.0628 e. The monoisotopic (exact) mass is 477 g/mol. The molecule has 0 saturated heterocycles. The third kappa shape index (κ3) is 19.2. The summed E-state index contributed by atoms with van der Waals surface area (Å²) in [6.45, 7) is 18.6. The van der Waals surface area contributed by atoms with Crippen LogP contribution in [0.1, 0.15) is 171 Å². The summed E-state index contributed by atoms with van der Waals surface area (Å²) in [5, 5.41) is 0. The molecule has 0 N–H and O–H groups in total. The average Bonchev–Trinajstić information content (AvgIpc) is 3.38. The van der Waals surface area contributed by atoms with Crippen molar-refractivity contribution >= 4 is 0 Å². The molecule has 0 nitrogen and oxygen atoms in total. The van der Waals surface area contributed by atoms with Gasteiger partial charge in [0.1, 0.15) is 0 Å². The maximum atomic E-state index is 2.34. The lowest BCUT2D eigenvalue weighted by Gasteiger charge is -2.26. The molecule has 0 aromatic rings. The quantitative estimate of drug-likeness (QED) is 0.326. The predicted molar refractivity (Wildman–Crippen MR) is 156 cm³/mol. The molecule has 0 heterocycles. The van der Waals surface area contributed by atoms with Crippen LogP contribution in [0.4, 0.5) is 0 Å². The average molecular weight is 477 g/mol. The number of hydrogen-bond donors (Lipinski definition) is 0. The second-order valence-corrected chi connectivity index (χ2v) is 14.4. The summed E-state index contributed by atoms with van der Waals surface area (Å²) < 4.78 is 0. The molecular weight excluding hydrogens is 408 g/mol. The van der Waals surface area contributed by atoms with Crippen LogP contribution in [-0.2, 0) is 0 Å². The first-order chi connectivity index (χ1) is 16.2. The van der Waals surface area contributed by atoms with Crippen LogP contribution >= 0.6 is 0 Å². The maximum absolute atomic E-state index is 2.34. The molecule has 0 unspecified atom stereocenters. The molecule has 4 aliphatic carbocycles. The minimum atomic E-state index is 0.920. The molecule has 4 aliphatic rings. The zero-order valence-corrected chi connectivity index (χ0v) is 25.3.